The van der Waals surface area contributed by atoms with Crippen molar-refractivity contribution in [2.45, 2.75) is 0 Å². The fourth-order valence-electron chi connectivity index (χ4n) is 1.95. The quantitative estimate of drug-likeness (QED) is 0.632. The van der Waals surface area contributed by atoms with Gasteiger partial charge in [-0.05, 0) is 24.3 Å². The zero-order chi connectivity index (χ0) is 15.1. The molecule has 3 rings (SSSR count). The summed E-state index contributed by atoms with van der Waals surface area (Å²) < 4.78 is 13.2. The second kappa shape index (κ2) is 4.31. The highest BCUT2D eigenvalue weighted by atomic mass is 16.3. The molecule has 0 amide bonds. The van der Waals surface area contributed by atoms with Crippen molar-refractivity contribution in [1.82, 2.24) is 0 Å². The zero-order valence-electron chi connectivity index (χ0n) is 11.1. The molecule has 0 bridgehead atoms. The van der Waals surface area contributed by atoms with Gasteiger partial charge in [0, 0.05) is 23.7 Å². The standard InChI is InChI=1S/C15H10O5/c16-9-3-1-8(2-4-9)13-7-12(19)15-11(18)5-10(17)6-14(15)20-13/h1-7,16-18H/i6D. The lowest BCUT2D eigenvalue weighted by Gasteiger charge is -2.05. The molecule has 5 heteroatoms. The van der Waals surface area contributed by atoms with E-state index in [4.69, 9.17) is 5.79 Å². The van der Waals surface area contributed by atoms with Crippen LogP contribution in [-0.2, 0) is 0 Å². The largest absolute Gasteiger partial charge is 0.508 e. The number of hydrogen-bond acceptors (Lipinski definition) is 5. The number of phenolic OH excluding ortho intramolecular Hbond substituents is 3. The lowest BCUT2D eigenvalue weighted by molar-refractivity contribution is 0.452. The molecule has 1 aromatic heterocycles. The zero-order valence-corrected chi connectivity index (χ0v) is 10.1. The van der Waals surface area contributed by atoms with Gasteiger partial charge in [0.15, 0.2) is 5.43 Å². The van der Waals surface area contributed by atoms with Crippen LogP contribution >= 0.6 is 0 Å². The number of phenols is 3. The third-order valence-corrected chi connectivity index (χ3v) is 2.87. The Morgan fingerprint density at radius 2 is 1.70 bits per heavy atom. The van der Waals surface area contributed by atoms with E-state index in [1.165, 1.54) is 18.2 Å². The van der Waals surface area contributed by atoms with Crippen LogP contribution in [0.1, 0.15) is 1.37 Å². The van der Waals surface area contributed by atoms with E-state index < -0.39 is 16.9 Å². The number of hydrogen-bond donors (Lipinski definition) is 3. The van der Waals surface area contributed by atoms with Gasteiger partial charge in [0.2, 0.25) is 0 Å². The molecule has 1 heterocycles. The molecule has 3 N–H and O–H groups in total. The highest BCUT2D eigenvalue weighted by molar-refractivity contribution is 5.85. The van der Waals surface area contributed by atoms with Crippen molar-refractivity contribution in [1.29, 1.82) is 0 Å². The van der Waals surface area contributed by atoms with Gasteiger partial charge in [-0.3, -0.25) is 4.79 Å². The highest BCUT2D eigenvalue weighted by Gasteiger charge is 2.11. The minimum atomic E-state index is -0.523. The average Bonchev–Trinajstić information content (AvgIpc) is 2.44. The predicted octanol–water partition coefficient (Wildman–Crippen LogP) is 2.58. The maximum Gasteiger partial charge on any atom is 0.197 e. The summed E-state index contributed by atoms with van der Waals surface area (Å²) in [6.45, 7) is 0. The Balaban J connectivity index is 2.35. The third kappa shape index (κ3) is 1.95. The van der Waals surface area contributed by atoms with Crippen LogP contribution in [0.2, 0.25) is 0 Å². The average molecular weight is 271 g/mol. The molecule has 0 radical (unpaired) electrons. The predicted molar refractivity (Wildman–Crippen MR) is 72.9 cm³/mol. The van der Waals surface area contributed by atoms with Crippen LogP contribution in [0.15, 0.2) is 51.7 Å². The molecule has 0 saturated carbocycles. The SMILES string of the molecule is [2H]c1c(O)cc(O)c2c(=O)cc(-c3ccc(O)cc3)oc12. The fraction of sp³-hybridized carbons (Fsp3) is 0. The highest BCUT2D eigenvalue weighted by Crippen LogP contribution is 2.30. The van der Waals surface area contributed by atoms with Crippen LogP contribution in [0.5, 0.6) is 17.2 Å². The molecular weight excluding hydrogens is 260 g/mol. The minimum absolute atomic E-state index is 0.0679. The van der Waals surface area contributed by atoms with Crippen LogP contribution in [0, 0.1) is 0 Å². The number of rotatable bonds is 1. The Morgan fingerprint density at radius 3 is 2.40 bits per heavy atom. The van der Waals surface area contributed by atoms with E-state index in [9.17, 15) is 20.1 Å². The summed E-state index contributed by atoms with van der Waals surface area (Å²) in [6.07, 6.45) is 0. The summed E-state index contributed by atoms with van der Waals surface area (Å²) in [5.74, 6) is -0.681. The molecular formula is C15H10O5. The third-order valence-electron chi connectivity index (χ3n) is 2.87. The van der Waals surface area contributed by atoms with Crippen molar-refractivity contribution in [2.75, 3.05) is 0 Å². The lowest BCUT2D eigenvalue weighted by atomic mass is 10.1. The van der Waals surface area contributed by atoms with Crippen molar-refractivity contribution in [3.05, 3.63) is 52.7 Å². The molecule has 5 nitrogen and oxygen atoms in total. The number of aromatic hydroxyl groups is 3. The molecule has 2 aromatic carbocycles. The molecule has 0 atom stereocenters. The summed E-state index contributed by atoms with van der Waals surface area (Å²) in [5, 5.41) is 28.4. The van der Waals surface area contributed by atoms with E-state index in [1.54, 1.807) is 12.1 Å². The Hall–Kier alpha value is -2.95. The summed E-state index contributed by atoms with van der Waals surface area (Å²) in [5.41, 5.74) is -0.192. The number of fused-ring (bicyclic) bond motifs is 1. The summed E-state index contributed by atoms with van der Waals surface area (Å²) in [7, 11) is 0. The molecule has 0 unspecified atom stereocenters. The van der Waals surface area contributed by atoms with E-state index in [1.807, 2.05) is 0 Å². The van der Waals surface area contributed by atoms with Crippen LogP contribution in [0.3, 0.4) is 0 Å². The van der Waals surface area contributed by atoms with Crippen LogP contribution in [-0.4, -0.2) is 15.3 Å². The molecule has 0 aliphatic rings. The summed E-state index contributed by atoms with van der Waals surface area (Å²) in [6, 6.07) is 7.70. The van der Waals surface area contributed by atoms with E-state index in [-0.39, 0.29) is 28.5 Å². The van der Waals surface area contributed by atoms with E-state index in [2.05, 4.69) is 0 Å². The van der Waals surface area contributed by atoms with Crippen molar-refractivity contribution < 1.29 is 21.1 Å². The maximum atomic E-state index is 12.1. The van der Waals surface area contributed by atoms with Gasteiger partial charge < -0.3 is 19.7 Å². The number of benzene rings is 2. The Bertz CT molecular complexity index is 897. The monoisotopic (exact) mass is 271 g/mol. The van der Waals surface area contributed by atoms with Gasteiger partial charge >= 0.3 is 0 Å². The lowest BCUT2D eigenvalue weighted by Crippen LogP contribution is -2.00. The van der Waals surface area contributed by atoms with E-state index in [0.717, 1.165) is 6.07 Å². The molecule has 0 fully saturated rings. The summed E-state index contributed by atoms with van der Waals surface area (Å²) >= 11 is 0. The first-order valence-electron chi connectivity index (χ1n) is 6.26. The topological polar surface area (TPSA) is 90.9 Å². The van der Waals surface area contributed by atoms with Gasteiger partial charge in [-0.1, -0.05) is 0 Å². The molecule has 0 spiro atoms. The molecule has 100 valence electrons. The first kappa shape index (κ1) is 10.9. The van der Waals surface area contributed by atoms with Crippen molar-refractivity contribution in [2.24, 2.45) is 0 Å². The van der Waals surface area contributed by atoms with Crippen LogP contribution in [0.4, 0.5) is 0 Å². The van der Waals surface area contributed by atoms with Crippen molar-refractivity contribution >= 4 is 11.0 Å². The van der Waals surface area contributed by atoms with Crippen LogP contribution < -0.4 is 5.43 Å². The second-order valence-electron chi connectivity index (χ2n) is 4.27. The Morgan fingerprint density at radius 1 is 1.00 bits per heavy atom. The van der Waals surface area contributed by atoms with E-state index in [0.29, 0.717) is 5.56 Å². The van der Waals surface area contributed by atoms with Gasteiger partial charge in [0.1, 0.15) is 34.0 Å². The Labute approximate surface area is 114 Å². The first-order valence-corrected chi connectivity index (χ1v) is 5.76. The van der Waals surface area contributed by atoms with Gasteiger partial charge in [-0.25, -0.2) is 0 Å². The Kier molecular flexibility index (Phi) is 2.35. The molecule has 3 aromatic rings. The smallest absolute Gasteiger partial charge is 0.197 e. The first-order chi connectivity index (χ1) is 9.97. The molecule has 0 saturated heterocycles. The second-order valence-corrected chi connectivity index (χ2v) is 4.27. The summed E-state index contributed by atoms with van der Waals surface area (Å²) in [4.78, 5) is 12.1. The molecule has 0 aliphatic carbocycles. The van der Waals surface area contributed by atoms with Crippen LogP contribution in [0.25, 0.3) is 22.3 Å². The van der Waals surface area contributed by atoms with E-state index >= 15 is 0 Å². The van der Waals surface area contributed by atoms with Gasteiger partial charge in [0.25, 0.3) is 0 Å². The van der Waals surface area contributed by atoms with Crippen molar-refractivity contribution in [3.63, 3.8) is 0 Å². The minimum Gasteiger partial charge on any atom is -0.508 e. The molecule has 0 aliphatic heterocycles. The van der Waals surface area contributed by atoms with Gasteiger partial charge in [0.05, 0.1) is 1.37 Å². The van der Waals surface area contributed by atoms with Gasteiger partial charge in [-0.15, -0.1) is 0 Å². The normalized spacial score (nSPS) is 11.5. The molecule has 20 heavy (non-hydrogen) atoms. The maximum absolute atomic E-state index is 12.1. The van der Waals surface area contributed by atoms with Gasteiger partial charge in [-0.2, -0.15) is 0 Å². The fourth-order valence-corrected chi connectivity index (χ4v) is 1.95. The van der Waals surface area contributed by atoms with Crippen molar-refractivity contribution in [3.8, 4) is 28.6 Å².